The van der Waals surface area contributed by atoms with Crippen LogP contribution in [0.4, 0.5) is 5.82 Å². The summed E-state index contributed by atoms with van der Waals surface area (Å²) in [5.41, 5.74) is 1.02. The lowest BCUT2D eigenvalue weighted by atomic mass is 10.1. The van der Waals surface area contributed by atoms with Crippen molar-refractivity contribution in [2.75, 3.05) is 18.1 Å². The Bertz CT molecular complexity index is 1060. The summed E-state index contributed by atoms with van der Waals surface area (Å²) in [6, 6.07) is 0. The molecule has 1 aliphatic heterocycles. The van der Waals surface area contributed by atoms with E-state index in [9.17, 15) is 10.2 Å². The summed E-state index contributed by atoms with van der Waals surface area (Å²) in [6.07, 6.45) is -2.27. The molecule has 0 amide bonds. The third-order valence-corrected chi connectivity index (χ3v) is 6.19. The highest BCUT2D eigenvalue weighted by Crippen LogP contribution is 2.39. The Kier molecular flexibility index (Phi) is 6.90. The van der Waals surface area contributed by atoms with Crippen LogP contribution >= 0.6 is 11.9 Å². The summed E-state index contributed by atoms with van der Waals surface area (Å²) < 4.78 is 15.9. The first kappa shape index (κ1) is 22.9. The summed E-state index contributed by atoms with van der Waals surface area (Å²) in [6.45, 7) is 6.64. The maximum absolute atomic E-state index is 10.7. The zero-order valence-corrected chi connectivity index (χ0v) is 19.2. The lowest BCUT2D eigenvalue weighted by Crippen LogP contribution is -2.29. The highest BCUT2D eigenvalue weighted by molar-refractivity contribution is 7.97. The number of rotatable bonds is 9. The number of imidazole rings is 1. The molecule has 13 heteroatoms. The van der Waals surface area contributed by atoms with E-state index in [1.807, 2.05) is 6.92 Å². The van der Waals surface area contributed by atoms with Gasteiger partial charge in [0, 0.05) is 19.2 Å². The lowest BCUT2D eigenvalue weighted by Gasteiger charge is -2.17. The van der Waals surface area contributed by atoms with Gasteiger partial charge in [-0.15, -0.1) is 0 Å². The van der Waals surface area contributed by atoms with Crippen LogP contribution in [0.25, 0.3) is 11.2 Å². The SMILES string of the molecule is CCc1nc([C@H]2O[C@@H](n3cnc4c(NC)nc(CNSCC(C)C)nc43)[C@H](O)[C@@H]2O)no1. The molecule has 0 aliphatic carbocycles. The number of hydrogen-bond acceptors (Lipinski definition) is 12. The summed E-state index contributed by atoms with van der Waals surface area (Å²) >= 11 is 1.62. The van der Waals surface area contributed by atoms with Gasteiger partial charge in [0.2, 0.25) is 11.7 Å². The van der Waals surface area contributed by atoms with Crippen molar-refractivity contribution in [1.82, 2.24) is 34.4 Å². The Hall–Kier alpha value is -2.32. The van der Waals surface area contributed by atoms with Crippen LogP contribution in [0.3, 0.4) is 0 Å². The second-order valence-corrected chi connectivity index (χ2v) is 8.83. The molecule has 0 unspecified atom stereocenters. The number of aromatic nitrogens is 6. The highest BCUT2D eigenvalue weighted by atomic mass is 32.2. The van der Waals surface area contributed by atoms with Crippen LogP contribution in [0, 0.1) is 5.92 Å². The Labute approximate surface area is 189 Å². The fourth-order valence-electron chi connectivity index (χ4n) is 3.37. The van der Waals surface area contributed by atoms with Gasteiger partial charge in [-0.2, -0.15) is 4.98 Å². The van der Waals surface area contributed by atoms with Gasteiger partial charge in [0.15, 0.2) is 29.3 Å². The zero-order chi connectivity index (χ0) is 22.8. The predicted molar refractivity (Wildman–Crippen MR) is 118 cm³/mol. The van der Waals surface area contributed by atoms with Crippen LogP contribution in [0.15, 0.2) is 10.9 Å². The molecular weight excluding hydrogens is 436 g/mol. The first-order chi connectivity index (χ1) is 15.4. The van der Waals surface area contributed by atoms with E-state index in [-0.39, 0.29) is 5.82 Å². The van der Waals surface area contributed by atoms with E-state index in [4.69, 9.17) is 9.26 Å². The number of aryl methyl sites for hydroxylation is 1. The largest absolute Gasteiger partial charge is 0.387 e. The van der Waals surface area contributed by atoms with Crippen LogP contribution in [0.1, 0.15) is 50.6 Å². The molecule has 12 nitrogen and oxygen atoms in total. The minimum atomic E-state index is -1.24. The molecule has 4 N–H and O–H groups in total. The van der Waals surface area contributed by atoms with Gasteiger partial charge in [0.05, 0.1) is 12.9 Å². The van der Waals surface area contributed by atoms with Crippen molar-refractivity contribution in [3.05, 3.63) is 23.9 Å². The van der Waals surface area contributed by atoms with E-state index in [0.717, 1.165) is 5.75 Å². The van der Waals surface area contributed by atoms with Crippen molar-refractivity contribution in [2.24, 2.45) is 5.92 Å². The molecule has 1 fully saturated rings. The Morgan fingerprint density at radius 2 is 2.03 bits per heavy atom. The number of aliphatic hydroxyl groups is 2. The van der Waals surface area contributed by atoms with Crippen molar-refractivity contribution in [3.8, 4) is 0 Å². The Morgan fingerprint density at radius 3 is 2.72 bits per heavy atom. The standard InChI is InChI=1S/C19H28N8O4S/c1-5-11-25-17(26-31-11)15-13(28)14(29)19(30-15)27-8-21-12-16(20-4)23-10(24-18(12)27)6-22-32-7-9(2)3/h8-9,13-15,19,22,28-29H,5-7H2,1-4H3,(H,20,23,24)/t13-,14+,15-,19+/m0/s1. The van der Waals surface area contributed by atoms with Crippen molar-refractivity contribution in [1.29, 1.82) is 0 Å². The molecule has 3 aromatic rings. The molecule has 4 atom stereocenters. The first-order valence-corrected chi connectivity index (χ1v) is 11.5. The van der Waals surface area contributed by atoms with Crippen molar-refractivity contribution in [2.45, 2.75) is 58.3 Å². The first-order valence-electron chi connectivity index (χ1n) is 10.5. The van der Waals surface area contributed by atoms with Gasteiger partial charge in [0.25, 0.3) is 0 Å². The number of nitrogens with one attached hydrogen (secondary N) is 2. The monoisotopic (exact) mass is 464 g/mol. The van der Waals surface area contributed by atoms with E-state index in [1.165, 1.54) is 6.33 Å². The normalized spacial score (nSPS) is 23.5. The van der Waals surface area contributed by atoms with Crippen molar-refractivity contribution in [3.63, 3.8) is 0 Å². The molecule has 0 saturated carbocycles. The second kappa shape index (κ2) is 9.67. The predicted octanol–water partition coefficient (Wildman–Crippen LogP) is 1.20. The van der Waals surface area contributed by atoms with Gasteiger partial charge >= 0.3 is 0 Å². The molecular formula is C19H28N8O4S. The average Bonchev–Trinajstić information content (AvgIpc) is 3.49. The van der Waals surface area contributed by atoms with Gasteiger partial charge < -0.3 is 24.8 Å². The molecule has 0 bridgehead atoms. The van der Waals surface area contributed by atoms with Crippen LogP contribution in [-0.2, 0) is 17.7 Å². The molecule has 4 heterocycles. The Morgan fingerprint density at radius 1 is 1.22 bits per heavy atom. The maximum atomic E-state index is 10.7. The summed E-state index contributed by atoms with van der Waals surface area (Å²) in [5.74, 6) is 3.29. The summed E-state index contributed by atoms with van der Waals surface area (Å²) in [4.78, 5) is 17.8. The van der Waals surface area contributed by atoms with Crippen LogP contribution in [-0.4, -0.2) is 64.9 Å². The van der Waals surface area contributed by atoms with E-state index < -0.39 is 24.5 Å². The van der Waals surface area contributed by atoms with E-state index >= 15 is 0 Å². The molecule has 1 aliphatic rings. The van der Waals surface area contributed by atoms with Crippen molar-refractivity contribution >= 4 is 28.9 Å². The number of hydrogen-bond donors (Lipinski definition) is 4. The molecule has 4 rings (SSSR count). The zero-order valence-electron chi connectivity index (χ0n) is 18.4. The topological polar surface area (TPSA) is 156 Å². The number of fused-ring (bicyclic) bond motifs is 1. The third kappa shape index (κ3) is 4.43. The summed E-state index contributed by atoms with van der Waals surface area (Å²) in [5, 5.41) is 28.2. The van der Waals surface area contributed by atoms with Crippen LogP contribution < -0.4 is 10.0 Å². The second-order valence-electron chi connectivity index (χ2n) is 7.92. The highest BCUT2D eigenvalue weighted by Gasteiger charge is 2.47. The number of nitrogens with zero attached hydrogens (tertiary/aromatic N) is 6. The molecule has 1 saturated heterocycles. The molecule has 0 aromatic carbocycles. The van der Waals surface area contributed by atoms with Gasteiger partial charge in [-0.25, -0.2) is 15.0 Å². The average molecular weight is 465 g/mol. The molecule has 0 radical (unpaired) electrons. The lowest BCUT2D eigenvalue weighted by molar-refractivity contribution is -0.0388. The summed E-state index contributed by atoms with van der Waals surface area (Å²) in [7, 11) is 1.76. The van der Waals surface area contributed by atoms with Gasteiger partial charge in [-0.1, -0.05) is 37.9 Å². The fourth-order valence-corrected chi connectivity index (χ4v) is 4.05. The van der Waals surface area contributed by atoms with Gasteiger partial charge in [-0.3, -0.25) is 9.29 Å². The number of aliphatic hydroxyl groups excluding tert-OH is 2. The molecule has 32 heavy (non-hydrogen) atoms. The van der Waals surface area contributed by atoms with E-state index in [2.05, 4.69) is 49.0 Å². The Balaban J connectivity index is 1.61. The molecule has 0 spiro atoms. The van der Waals surface area contributed by atoms with Crippen LogP contribution in [0.2, 0.25) is 0 Å². The number of anilines is 1. The number of ether oxygens (including phenoxy) is 1. The van der Waals surface area contributed by atoms with E-state index in [0.29, 0.717) is 47.6 Å². The quantitative estimate of drug-likeness (QED) is 0.265. The van der Waals surface area contributed by atoms with Gasteiger partial charge in [0.1, 0.15) is 18.0 Å². The molecule has 174 valence electrons. The minimum absolute atomic E-state index is 0.193. The third-order valence-electron chi connectivity index (χ3n) is 5.01. The maximum Gasteiger partial charge on any atom is 0.226 e. The van der Waals surface area contributed by atoms with Crippen LogP contribution in [0.5, 0.6) is 0 Å². The van der Waals surface area contributed by atoms with Gasteiger partial charge in [-0.05, 0) is 5.92 Å². The smallest absolute Gasteiger partial charge is 0.226 e. The molecule has 3 aromatic heterocycles. The van der Waals surface area contributed by atoms with E-state index in [1.54, 1.807) is 23.6 Å². The fraction of sp³-hybridized carbons (Fsp3) is 0.632. The minimum Gasteiger partial charge on any atom is -0.387 e. The van der Waals surface area contributed by atoms with Crippen molar-refractivity contribution < 1.29 is 19.5 Å².